The van der Waals surface area contributed by atoms with Gasteiger partial charge in [-0.2, -0.15) is 0 Å². The van der Waals surface area contributed by atoms with E-state index in [9.17, 15) is 9.59 Å². The van der Waals surface area contributed by atoms with Crippen molar-refractivity contribution in [2.24, 2.45) is 5.73 Å². The molecule has 0 fully saturated rings. The molecule has 2 aromatic carbocycles. The van der Waals surface area contributed by atoms with E-state index in [1.54, 1.807) is 0 Å². The summed E-state index contributed by atoms with van der Waals surface area (Å²) in [5.74, 6) is -0.301. The van der Waals surface area contributed by atoms with Crippen LogP contribution in [0.3, 0.4) is 0 Å². The van der Waals surface area contributed by atoms with Crippen LogP contribution in [0.4, 0.5) is 0 Å². The van der Waals surface area contributed by atoms with E-state index in [-0.39, 0.29) is 42.0 Å². The Morgan fingerprint density at radius 2 is 0.953 bits per heavy atom. The molecule has 0 heterocycles. The summed E-state index contributed by atoms with van der Waals surface area (Å²) >= 11 is 0. The zero-order valence-corrected chi connectivity index (χ0v) is 27.5. The van der Waals surface area contributed by atoms with Crippen molar-refractivity contribution in [3.05, 3.63) is 59.7 Å². The summed E-state index contributed by atoms with van der Waals surface area (Å²) in [5.41, 5.74) is 17.6. The van der Waals surface area contributed by atoms with E-state index in [4.69, 9.17) is 25.6 Å². The summed E-state index contributed by atoms with van der Waals surface area (Å²) in [6.07, 6.45) is 0.427. The molecule has 0 saturated carbocycles. The van der Waals surface area contributed by atoms with Crippen LogP contribution < -0.4 is 27.7 Å². The third-order valence-corrected chi connectivity index (χ3v) is 4.70. The van der Waals surface area contributed by atoms with E-state index in [2.05, 4.69) is 42.1 Å². The summed E-state index contributed by atoms with van der Waals surface area (Å²) in [6.45, 7) is 18.4. The number of nitrogens with one attached hydrogen (secondary N) is 4. The third-order valence-electron chi connectivity index (χ3n) is 4.70. The fraction of sp³-hybridized carbons (Fsp3) is 0.548. The molecule has 0 radical (unpaired) electrons. The second-order valence-corrected chi connectivity index (χ2v) is 10.5. The highest BCUT2D eigenvalue weighted by atomic mass is 16.5. The lowest BCUT2D eigenvalue weighted by molar-refractivity contribution is -0.143. The van der Waals surface area contributed by atoms with Crippen molar-refractivity contribution in [1.29, 1.82) is 0 Å². The van der Waals surface area contributed by atoms with Crippen molar-refractivity contribution in [2.45, 2.75) is 106 Å². The lowest BCUT2D eigenvalue weighted by Crippen LogP contribution is -2.16. The molecule has 0 spiro atoms. The molecule has 0 atom stereocenters. The first-order valence-electron chi connectivity index (χ1n) is 14.3. The predicted molar refractivity (Wildman–Crippen MR) is 170 cm³/mol. The van der Waals surface area contributed by atoms with Crippen LogP contribution in [0.1, 0.15) is 92.7 Å². The minimum Gasteiger partial charge on any atom is -0.465 e. The maximum absolute atomic E-state index is 11.4. The molecule has 10 N–H and O–H groups in total. The van der Waals surface area contributed by atoms with E-state index >= 15 is 0 Å². The molecular weight excluding hydrogens is 554 g/mol. The van der Waals surface area contributed by atoms with Crippen molar-refractivity contribution in [1.82, 2.24) is 21.9 Å². The quantitative estimate of drug-likeness (QED) is 0.155. The Balaban J connectivity index is -0.000000549. The molecule has 1 aliphatic rings. The number of ether oxygens (including phenoxy) is 1. The van der Waals surface area contributed by atoms with Crippen LogP contribution in [0, 0.1) is 0 Å². The molecule has 1 aliphatic carbocycles. The number of esters is 1. The van der Waals surface area contributed by atoms with Gasteiger partial charge in [-0.1, -0.05) is 55.5 Å². The first-order chi connectivity index (χ1) is 20.1. The number of amides is 1. The molecule has 0 aliphatic heterocycles. The van der Waals surface area contributed by atoms with Crippen molar-refractivity contribution in [3.63, 3.8) is 0 Å². The number of carbonyl (C=O) groups is 2. The monoisotopic (exact) mass is 611 g/mol. The minimum atomic E-state index is -0.333. The summed E-state index contributed by atoms with van der Waals surface area (Å²) in [7, 11) is 0. The standard InChI is InChI=1S/C17H16O2.4C3H9NO.C2H5NO/c1-2-17(18)19-11-16-14-9-5-3-7-12(14)13-8-4-6-10-15(13)16;4*1-3(2)4-5;1-2(3)4/h3-10,16H,2,11H2,1H3;4*3-5H,1-2H3;1H3,(H2,3,4). The Morgan fingerprint density at radius 1 is 0.698 bits per heavy atom. The highest BCUT2D eigenvalue weighted by Crippen LogP contribution is 2.44. The highest BCUT2D eigenvalue weighted by molar-refractivity contribution is 5.79. The molecule has 12 heteroatoms. The molecule has 0 bridgehead atoms. The number of carbonyl (C=O) groups excluding carboxylic acids is 2. The molecule has 0 saturated heterocycles. The van der Waals surface area contributed by atoms with Crippen LogP contribution >= 0.6 is 0 Å². The molecule has 0 unspecified atom stereocenters. The lowest BCUT2D eigenvalue weighted by Gasteiger charge is -2.13. The lowest BCUT2D eigenvalue weighted by atomic mass is 9.98. The first kappa shape index (κ1) is 44.5. The summed E-state index contributed by atoms with van der Waals surface area (Å²) in [6, 6.07) is 17.5. The average molecular weight is 612 g/mol. The van der Waals surface area contributed by atoms with Crippen LogP contribution in [-0.4, -0.2) is 63.5 Å². The molecule has 1 amide bonds. The van der Waals surface area contributed by atoms with Gasteiger partial charge in [-0.25, -0.2) is 21.9 Å². The second kappa shape index (κ2) is 27.9. The van der Waals surface area contributed by atoms with Gasteiger partial charge in [0.25, 0.3) is 0 Å². The van der Waals surface area contributed by atoms with Crippen LogP contribution in [0.5, 0.6) is 0 Å². The predicted octanol–water partition coefficient (Wildman–Crippen LogP) is 4.74. The maximum Gasteiger partial charge on any atom is 0.305 e. The van der Waals surface area contributed by atoms with Crippen molar-refractivity contribution in [2.75, 3.05) is 6.61 Å². The van der Waals surface area contributed by atoms with Gasteiger partial charge in [0.1, 0.15) is 6.61 Å². The van der Waals surface area contributed by atoms with Gasteiger partial charge in [0, 0.05) is 43.4 Å². The summed E-state index contributed by atoms with van der Waals surface area (Å²) in [5, 5.41) is 31.6. The van der Waals surface area contributed by atoms with Crippen LogP contribution in [0.25, 0.3) is 11.1 Å². The highest BCUT2D eigenvalue weighted by Gasteiger charge is 2.28. The molecule has 12 nitrogen and oxygen atoms in total. The van der Waals surface area contributed by atoms with E-state index in [0.717, 1.165) is 0 Å². The van der Waals surface area contributed by atoms with Crippen LogP contribution in [0.2, 0.25) is 0 Å². The Labute approximate surface area is 257 Å². The Morgan fingerprint density at radius 3 is 1.19 bits per heavy atom. The van der Waals surface area contributed by atoms with E-state index in [1.807, 2.05) is 96.4 Å². The van der Waals surface area contributed by atoms with Crippen LogP contribution in [0.15, 0.2) is 48.5 Å². The van der Waals surface area contributed by atoms with Gasteiger partial charge in [0.05, 0.1) is 0 Å². The number of primary amides is 1. The number of hydrogen-bond acceptors (Lipinski definition) is 11. The normalized spacial score (nSPS) is 10.7. The Hall–Kier alpha value is -2.94. The van der Waals surface area contributed by atoms with E-state index < -0.39 is 0 Å². The molecule has 43 heavy (non-hydrogen) atoms. The van der Waals surface area contributed by atoms with Crippen molar-refractivity contribution in [3.8, 4) is 11.1 Å². The number of nitrogens with two attached hydrogens (primary N) is 1. The fourth-order valence-corrected chi connectivity index (χ4v) is 2.72. The van der Waals surface area contributed by atoms with Gasteiger partial charge in [-0.15, -0.1) is 0 Å². The average Bonchev–Trinajstić information content (AvgIpc) is 3.30. The van der Waals surface area contributed by atoms with Gasteiger partial charge < -0.3 is 31.3 Å². The maximum atomic E-state index is 11.4. The third kappa shape index (κ3) is 25.3. The van der Waals surface area contributed by atoms with Gasteiger partial charge >= 0.3 is 5.97 Å². The summed E-state index contributed by atoms with van der Waals surface area (Å²) in [4.78, 5) is 20.6. The van der Waals surface area contributed by atoms with Crippen LogP contribution in [-0.2, 0) is 14.3 Å². The number of hydroxylamine groups is 4. The van der Waals surface area contributed by atoms with Crippen molar-refractivity contribution < 1.29 is 35.2 Å². The number of benzene rings is 2. The minimum absolute atomic E-state index is 0.137. The molecule has 2 aromatic rings. The molecule has 0 aromatic heterocycles. The Kier molecular flexibility index (Phi) is 28.8. The van der Waals surface area contributed by atoms with E-state index in [0.29, 0.717) is 13.0 Å². The first-order valence-corrected chi connectivity index (χ1v) is 14.3. The summed E-state index contributed by atoms with van der Waals surface area (Å²) < 4.78 is 5.35. The number of rotatable bonds is 7. The van der Waals surface area contributed by atoms with Gasteiger partial charge in [-0.3, -0.25) is 9.59 Å². The van der Waals surface area contributed by atoms with Crippen molar-refractivity contribution >= 4 is 11.9 Å². The topological polar surface area (TPSA) is 198 Å². The molecule has 3 rings (SSSR count). The van der Waals surface area contributed by atoms with Gasteiger partial charge in [0.2, 0.25) is 5.91 Å². The fourth-order valence-electron chi connectivity index (χ4n) is 2.72. The van der Waals surface area contributed by atoms with E-state index in [1.165, 1.54) is 29.2 Å². The molecular formula is C31H57N5O7. The smallest absolute Gasteiger partial charge is 0.305 e. The number of hydrogen-bond donors (Lipinski definition) is 9. The molecule has 248 valence electrons. The van der Waals surface area contributed by atoms with Gasteiger partial charge in [-0.05, 0) is 77.6 Å². The zero-order chi connectivity index (χ0) is 34.0. The van der Waals surface area contributed by atoms with Gasteiger partial charge in [0.15, 0.2) is 0 Å². The zero-order valence-electron chi connectivity index (χ0n) is 27.5. The second-order valence-electron chi connectivity index (χ2n) is 10.5. The Bertz CT molecular complexity index is 892. The SMILES string of the molecule is CC(C)NO.CC(C)NO.CC(C)NO.CC(C)NO.CC(N)=O.CCC(=O)OCC1c2ccccc2-c2ccccc21. The number of fused-ring (bicyclic) bond motifs is 3. The largest absolute Gasteiger partial charge is 0.465 e.